The molecule has 1 atom stereocenters. The second-order valence-corrected chi connectivity index (χ2v) is 7.04. The van der Waals surface area contributed by atoms with Gasteiger partial charge in [0, 0.05) is 43.2 Å². The molecule has 3 heterocycles. The maximum atomic E-state index is 12.0. The molecule has 1 saturated heterocycles. The molecular weight excluding hydrogens is 292 g/mol. The van der Waals surface area contributed by atoms with E-state index in [9.17, 15) is 13.2 Å². The van der Waals surface area contributed by atoms with Crippen LogP contribution in [-0.2, 0) is 21.4 Å². The highest BCUT2D eigenvalue weighted by Crippen LogP contribution is 2.23. The lowest BCUT2D eigenvalue weighted by atomic mass is 10.1. The second kappa shape index (κ2) is 5.12. The van der Waals surface area contributed by atoms with Crippen LogP contribution in [0.15, 0.2) is 24.5 Å². The van der Waals surface area contributed by atoms with Gasteiger partial charge < -0.3 is 9.88 Å². The van der Waals surface area contributed by atoms with Crippen molar-refractivity contribution < 1.29 is 13.2 Å². The molecule has 1 aliphatic heterocycles. The Labute approximate surface area is 122 Å². The number of nitrogens with zero attached hydrogens (tertiary/aromatic N) is 2. The number of hydrogen-bond acceptors (Lipinski definition) is 4. The number of aromatic nitrogens is 2. The van der Waals surface area contributed by atoms with Crippen molar-refractivity contribution in [1.82, 2.24) is 14.9 Å². The van der Waals surface area contributed by atoms with Crippen molar-refractivity contribution in [2.24, 2.45) is 11.1 Å². The predicted molar refractivity (Wildman–Crippen MR) is 77.6 cm³/mol. The molecule has 1 unspecified atom stereocenters. The topological polar surface area (TPSA) is 109 Å². The highest BCUT2D eigenvalue weighted by Gasteiger charge is 2.32. The Hall–Kier alpha value is -1.93. The summed E-state index contributed by atoms with van der Waals surface area (Å²) in [5, 5.41) is 6.02. The Kier molecular flexibility index (Phi) is 3.42. The number of fused-ring (bicyclic) bond motifs is 1. The molecule has 8 heteroatoms. The smallest absolute Gasteiger partial charge is 0.223 e. The van der Waals surface area contributed by atoms with Crippen molar-refractivity contribution in [1.29, 1.82) is 0 Å². The monoisotopic (exact) mass is 308 g/mol. The molecular formula is C13H16N4O3S. The molecule has 1 amide bonds. The molecule has 0 spiro atoms. The number of nitrogens with two attached hydrogens (primary N) is 1. The molecule has 1 aliphatic rings. The molecule has 2 aromatic heterocycles. The largest absolute Gasteiger partial charge is 0.346 e. The van der Waals surface area contributed by atoms with Crippen LogP contribution in [0.4, 0.5) is 0 Å². The van der Waals surface area contributed by atoms with E-state index in [0.717, 1.165) is 16.6 Å². The third-order valence-corrected chi connectivity index (χ3v) is 4.61. The van der Waals surface area contributed by atoms with Crippen LogP contribution in [0.1, 0.15) is 12.0 Å². The van der Waals surface area contributed by atoms with Crippen LogP contribution in [-0.4, -0.2) is 41.5 Å². The lowest BCUT2D eigenvalue weighted by molar-refractivity contribution is -0.128. The van der Waals surface area contributed by atoms with Gasteiger partial charge in [-0.1, -0.05) is 0 Å². The molecule has 0 saturated carbocycles. The molecule has 0 radical (unpaired) electrons. The number of carbonyl (C=O) groups is 1. The lowest BCUT2D eigenvalue weighted by Gasteiger charge is -2.17. The van der Waals surface area contributed by atoms with Crippen molar-refractivity contribution in [2.75, 3.05) is 12.3 Å². The SMILES string of the molecule is NS(=O)(=O)CC1CC(=O)N(Cc2ccnc3[nH]ccc23)C1. The minimum absolute atomic E-state index is 0.0378. The maximum absolute atomic E-state index is 12.0. The summed E-state index contributed by atoms with van der Waals surface area (Å²) in [6.45, 7) is 0.875. The number of hydrogen-bond donors (Lipinski definition) is 2. The molecule has 2 aromatic rings. The van der Waals surface area contributed by atoms with Crippen LogP contribution in [0.3, 0.4) is 0 Å². The molecule has 0 aliphatic carbocycles. The number of likely N-dealkylation sites (tertiary alicyclic amines) is 1. The first-order valence-electron chi connectivity index (χ1n) is 6.61. The van der Waals surface area contributed by atoms with Gasteiger partial charge in [-0.3, -0.25) is 4.79 Å². The van der Waals surface area contributed by atoms with Crippen LogP contribution in [0.25, 0.3) is 11.0 Å². The summed E-state index contributed by atoms with van der Waals surface area (Å²) in [7, 11) is -3.55. The number of nitrogens with one attached hydrogen (secondary N) is 1. The number of amides is 1. The van der Waals surface area contributed by atoms with E-state index in [-0.39, 0.29) is 24.0 Å². The minimum Gasteiger partial charge on any atom is -0.346 e. The molecule has 21 heavy (non-hydrogen) atoms. The van der Waals surface area contributed by atoms with E-state index in [0.29, 0.717) is 13.1 Å². The van der Waals surface area contributed by atoms with Gasteiger partial charge in [0.25, 0.3) is 0 Å². The van der Waals surface area contributed by atoms with Crippen LogP contribution in [0.2, 0.25) is 0 Å². The Morgan fingerprint density at radius 1 is 1.43 bits per heavy atom. The van der Waals surface area contributed by atoms with E-state index in [4.69, 9.17) is 5.14 Å². The van der Waals surface area contributed by atoms with E-state index in [1.54, 1.807) is 17.3 Å². The maximum Gasteiger partial charge on any atom is 0.223 e. The Morgan fingerprint density at radius 2 is 2.24 bits per heavy atom. The summed E-state index contributed by atoms with van der Waals surface area (Å²) in [6.07, 6.45) is 3.73. The van der Waals surface area contributed by atoms with Gasteiger partial charge in [-0.25, -0.2) is 18.5 Å². The molecule has 1 fully saturated rings. The van der Waals surface area contributed by atoms with Crippen molar-refractivity contribution >= 4 is 27.0 Å². The summed E-state index contributed by atoms with van der Waals surface area (Å²) in [5.74, 6) is -0.411. The summed E-state index contributed by atoms with van der Waals surface area (Å²) < 4.78 is 22.3. The average molecular weight is 308 g/mol. The van der Waals surface area contributed by atoms with Gasteiger partial charge in [0.2, 0.25) is 15.9 Å². The van der Waals surface area contributed by atoms with Crippen LogP contribution >= 0.6 is 0 Å². The van der Waals surface area contributed by atoms with E-state index >= 15 is 0 Å². The third kappa shape index (κ3) is 3.06. The first kappa shape index (κ1) is 14.0. The highest BCUT2D eigenvalue weighted by molar-refractivity contribution is 7.89. The van der Waals surface area contributed by atoms with E-state index < -0.39 is 10.0 Å². The first-order chi connectivity index (χ1) is 9.92. The van der Waals surface area contributed by atoms with Gasteiger partial charge >= 0.3 is 0 Å². The zero-order valence-electron chi connectivity index (χ0n) is 11.3. The first-order valence-corrected chi connectivity index (χ1v) is 8.33. The van der Waals surface area contributed by atoms with Gasteiger partial charge in [0.05, 0.1) is 5.75 Å². The number of carbonyl (C=O) groups excluding carboxylic acids is 1. The number of primary sulfonamides is 1. The highest BCUT2D eigenvalue weighted by atomic mass is 32.2. The standard InChI is InChI=1S/C13H16N4O3S/c14-21(19,20)8-9-5-12(18)17(6-9)7-10-1-3-15-13-11(10)2-4-16-13/h1-4,9H,5-8H2,(H,15,16)(H2,14,19,20). The fourth-order valence-electron chi connectivity index (χ4n) is 2.81. The molecule has 0 bridgehead atoms. The van der Waals surface area contributed by atoms with Crippen LogP contribution in [0.5, 0.6) is 0 Å². The molecule has 3 rings (SSSR count). The quantitative estimate of drug-likeness (QED) is 0.840. The lowest BCUT2D eigenvalue weighted by Crippen LogP contribution is -2.27. The third-order valence-electron chi connectivity index (χ3n) is 3.67. The number of pyridine rings is 1. The molecule has 7 nitrogen and oxygen atoms in total. The number of sulfonamides is 1. The zero-order valence-corrected chi connectivity index (χ0v) is 12.1. The summed E-state index contributed by atoms with van der Waals surface area (Å²) in [4.78, 5) is 20.9. The fraction of sp³-hybridized carbons (Fsp3) is 0.385. The molecule has 0 aromatic carbocycles. The second-order valence-electron chi connectivity index (χ2n) is 5.38. The van der Waals surface area contributed by atoms with Crippen molar-refractivity contribution in [3.63, 3.8) is 0 Å². The normalized spacial score (nSPS) is 19.6. The van der Waals surface area contributed by atoms with Gasteiger partial charge in [0.1, 0.15) is 5.65 Å². The van der Waals surface area contributed by atoms with Crippen molar-refractivity contribution in [3.8, 4) is 0 Å². The fourth-order valence-corrected chi connectivity index (χ4v) is 3.69. The Balaban J connectivity index is 1.76. The van der Waals surface area contributed by atoms with E-state index in [1.807, 2.05) is 12.1 Å². The van der Waals surface area contributed by atoms with Gasteiger partial charge in [-0.2, -0.15) is 0 Å². The zero-order chi connectivity index (χ0) is 15.0. The summed E-state index contributed by atoms with van der Waals surface area (Å²) >= 11 is 0. The van der Waals surface area contributed by atoms with E-state index in [1.165, 1.54) is 0 Å². The van der Waals surface area contributed by atoms with Gasteiger partial charge in [0.15, 0.2) is 0 Å². The number of H-pyrrole nitrogens is 1. The van der Waals surface area contributed by atoms with Gasteiger partial charge in [-0.05, 0) is 17.7 Å². The number of rotatable bonds is 4. The Bertz CT molecular complexity index is 784. The number of aromatic amines is 1. The Morgan fingerprint density at radius 3 is 3.00 bits per heavy atom. The van der Waals surface area contributed by atoms with Crippen LogP contribution < -0.4 is 5.14 Å². The average Bonchev–Trinajstić information content (AvgIpc) is 2.95. The predicted octanol–water partition coefficient (Wildman–Crippen LogP) is 0.200. The molecule has 112 valence electrons. The van der Waals surface area contributed by atoms with E-state index in [2.05, 4.69) is 9.97 Å². The van der Waals surface area contributed by atoms with Gasteiger partial charge in [-0.15, -0.1) is 0 Å². The summed E-state index contributed by atoms with van der Waals surface area (Å²) in [6, 6.07) is 3.79. The van der Waals surface area contributed by atoms with Crippen LogP contribution in [0, 0.1) is 5.92 Å². The summed E-state index contributed by atoms with van der Waals surface area (Å²) in [5.41, 5.74) is 1.77. The van der Waals surface area contributed by atoms with Crippen molar-refractivity contribution in [3.05, 3.63) is 30.1 Å². The molecule has 3 N–H and O–H groups in total. The minimum atomic E-state index is -3.55. The van der Waals surface area contributed by atoms with Crippen molar-refractivity contribution in [2.45, 2.75) is 13.0 Å².